The number of hydrogen-bond donors (Lipinski definition) is 1. The molecule has 2 rings (SSSR count). The fraction of sp³-hybridized carbons (Fsp3) is 0.353. The van der Waals surface area contributed by atoms with Crippen LogP contribution in [0.25, 0.3) is 10.8 Å². The Morgan fingerprint density at radius 3 is 2.62 bits per heavy atom. The van der Waals surface area contributed by atoms with Crippen molar-refractivity contribution in [1.29, 1.82) is 0 Å². The first-order valence-corrected chi connectivity index (χ1v) is 8.58. The van der Waals surface area contributed by atoms with Gasteiger partial charge in [0.2, 0.25) is 0 Å². The lowest BCUT2D eigenvalue weighted by atomic mass is 10.0. The summed E-state index contributed by atoms with van der Waals surface area (Å²) >= 11 is 1.84. The van der Waals surface area contributed by atoms with Gasteiger partial charge < -0.3 is 5.32 Å². The molecule has 0 unspecified atom stereocenters. The number of fused-ring (bicyclic) bond motifs is 1. The van der Waals surface area contributed by atoms with Crippen molar-refractivity contribution in [2.75, 3.05) is 18.6 Å². The molecular weight excluding hydrogens is 285 g/mol. The predicted molar refractivity (Wildman–Crippen MR) is 88.5 cm³/mol. The molecule has 2 aromatic rings. The number of carbonyl (C=O) groups is 1. The Morgan fingerprint density at radius 1 is 1.10 bits per heavy atom. The maximum atomic E-state index is 13.7. The van der Waals surface area contributed by atoms with Crippen LogP contribution in [0.5, 0.6) is 0 Å². The van der Waals surface area contributed by atoms with Crippen LogP contribution >= 0.6 is 11.8 Å². The second kappa shape index (κ2) is 8.03. The lowest BCUT2D eigenvalue weighted by molar-refractivity contribution is 0.0954. The van der Waals surface area contributed by atoms with Gasteiger partial charge in [0.25, 0.3) is 5.91 Å². The predicted octanol–water partition coefficient (Wildman–Crippen LogP) is 4.24. The third-order valence-electron chi connectivity index (χ3n) is 3.43. The molecule has 2 nitrogen and oxygen atoms in total. The summed E-state index contributed by atoms with van der Waals surface area (Å²) in [4.78, 5) is 12.2. The normalized spacial score (nSPS) is 10.8. The highest BCUT2D eigenvalue weighted by Crippen LogP contribution is 2.21. The van der Waals surface area contributed by atoms with Gasteiger partial charge in [-0.1, -0.05) is 30.7 Å². The largest absolute Gasteiger partial charge is 0.352 e. The molecule has 2 aromatic carbocycles. The molecule has 112 valence electrons. The van der Waals surface area contributed by atoms with E-state index in [0.717, 1.165) is 18.6 Å². The van der Waals surface area contributed by atoms with Gasteiger partial charge in [-0.3, -0.25) is 4.79 Å². The summed E-state index contributed by atoms with van der Waals surface area (Å²) in [5.41, 5.74) is 0.538. The lowest BCUT2D eigenvalue weighted by Gasteiger charge is -2.08. The quantitative estimate of drug-likeness (QED) is 0.775. The van der Waals surface area contributed by atoms with Gasteiger partial charge in [0, 0.05) is 17.5 Å². The molecule has 0 bridgehead atoms. The van der Waals surface area contributed by atoms with E-state index in [9.17, 15) is 9.18 Å². The average Bonchev–Trinajstić information content (AvgIpc) is 2.51. The zero-order chi connectivity index (χ0) is 15.1. The summed E-state index contributed by atoms with van der Waals surface area (Å²) in [7, 11) is 0. The molecule has 4 heteroatoms. The molecule has 1 N–H and O–H groups in total. The number of benzene rings is 2. The van der Waals surface area contributed by atoms with Crippen LogP contribution in [0, 0.1) is 5.82 Å². The first-order chi connectivity index (χ1) is 10.2. The molecule has 0 saturated carbocycles. The number of nitrogens with one attached hydrogen (secondary N) is 1. The molecule has 0 aliphatic rings. The molecular formula is C17H20FNOS. The van der Waals surface area contributed by atoms with Crippen molar-refractivity contribution in [2.45, 2.75) is 19.3 Å². The van der Waals surface area contributed by atoms with E-state index in [1.807, 2.05) is 17.8 Å². The first-order valence-electron chi connectivity index (χ1n) is 7.18. The molecule has 0 aliphatic carbocycles. The van der Waals surface area contributed by atoms with Crippen molar-refractivity contribution in [3.63, 3.8) is 0 Å². The van der Waals surface area contributed by atoms with E-state index < -0.39 is 0 Å². The van der Waals surface area contributed by atoms with Crippen molar-refractivity contribution >= 4 is 28.4 Å². The molecule has 0 heterocycles. The van der Waals surface area contributed by atoms with Crippen LogP contribution in [0.15, 0.2) is 36.4 Å². The minimum atomic E-state index is -0.292. The van der Waals surface area contributed by atoms with E-state index in [4.69, 9.17) is 0 Å². The van der Waals surface area contributed by atoms with Crippen LogP contribution in [0.2, 0.25) is 0 Å². The summed E-state index contributed by atoms with van der Waals surface area (Å²) in [6, 6.07) is 9.99. The highest BCUT2D eigenvalue weighted by Gasteiger charge is 2.11. The number of rotatable bonds is 7. The molecule has 0 aliphatic heterocycles. The lowest BCUT2D eigenvalue weighted by Crippen LogP contribution is -2.24. The Morgan fingerprint density at radius 2 is 1.86 bits per heavy atom. The molecule has 0 spiro atoms. The first kappa shape index (κ1) is 15.8. The smallest absolute Gasteiger partial charge is 0.251 e. The number of thioether (sulfide) groups is 1. The van der Waals surface area contributed by atoms with Crippen molar-refractivity contribution in [2.24, 2.45) is 0 Å². The second-order valence-corrected chi connectivity index (χ2v) is 5.94. The van der Waals surface area contributed by atoms with Crippen molar-refractivity contribution in [3.8, 4) is 0 Å². The summed E-state index contributed by atoms with van der Waals surface area (Å²) in [5.74, 6) is 0.742. The van der Waals surface area contributed by atoms with E-state index in [1.54, 1.807) is 24.3 Å². The van der Waals surface area contributed by atoms with E-state index in [1.165, 1.54) is 12.5 Å². The van der Waals surface area contributed by atoms with Gasteiger partial charge in [-0.25, -0.2) is 4.39 Å². The zero-order valence-corrected chi connectivity index (χ0v) is 13.0. The molecule has 0 atom stereocenters. The topological polar surface area (TPSA) is 29.1 Å². The highest BCUT2D eigenvalue weighted by atomic mass is 32.2. The number of carbonyl (C=O) groups excluding carboxylic acids is 1. The maximum Gasteiger partial charge on any atom is 0.251 e. The standard InChI is InChI=1S/C17H20FNOS/c1-21-12-6-2-5-11-19-17(20)15-9-10-16(18)14-8-4-3-7-13(14)15/h3-4,7-10H,2,5-6,11-12H2,1H3,(H,19,20). The SMILES string of the molecule is CSCCCCCNC(=O)c1ccc(F)c2ccccc12. The van der Waals surface area contributed by atoms with Gasteiger partial charge in [0.05, 0.1) is 0 Å². The van der Waals surface area contributed by atoms with E-state index in [-0.39, 0.29) is 11.7 Å². The third kappa shape index (κ3) is 4.21. The molecule has 1 amide bonds. The Kier molecular flexibility index (Phi) is 6.05. The molecule has 0 fully saturated rings. The Bertz CT molecular complexity index is 615. The molecule has 0 radical (unpaired) electrons. The number of halogens is 1. The van der Waals surface area contributed by atoms with Gasteiger partial charge >= 0.3 is 0 Å². The second-order valence-electron chi connectivity index (χ2n) is 4.95. The molecule has 21 heavy (non-hydrogen) atoms. The van der Waals surface area contributed by atoms with E-state index in [0.29, 0.717) is 22.9 Å². The fourth-order valence-corrected chi connectivity index (χ4v) is 2.80. The fourth-order valence-electron chi connectivity index (χ4n) is 2.31. The van der Waals surface area contributed by atoms with Gasteiger partial charge in [-0.2, -0.15) is 11.8 Å². The van der Waals surface area contributed by atoms with Crippen LogP contribution in [0.3, 0.4) is 0 Å². The Balaban J connectivity index is 1.98. The van der Waals surface area contributed by atoms with Crippen LogP contribution in [-0.4, -0.2) is 24.5 Å². The van der Waals surface area contributed by atoms with Gasteiger partial charge in [-0.05, 0) is 42.4 Å². The van der Waals surface area contributed by atoms with Crippen LogP contribution in [0.4, 0.5) is 4.39 Å². The van der Waals surface area contributed by atoms with Crippen LogP contribution < -0.4 is 5.32 Å². The van der Waals surface area contributed by atoms with Gasteiger partial charge in [0.1, 0.15) is 5.82 Å². The van der Waals surface area contributed by atoms with E-state index in [2.05, 4.69) is 11.6 Å². The summed E-state index contributed by atoms with van der Waals surface area (Å²) in [6.45, 7) is 0.666. The van der Waals surface area contributed by atoms with Crippen molar-refractivity contribution < 1.29 is 9.18 Å². The van der Waals surface area contributed by atoms with Gasteiger partial charge in [0.15, 0.2) is 0 Å². The molecule has 0 aromatic heterocycles. The van der Waals surface area contributed by atoms with Crippen molar-refractivity contribution in [3.05, 3.63) is 47.8 Å². The van der Waals surface area contributed by atoms with Crippen molar-refractivity contribution in [1.82, 2.24) is 5.32 Å². The summed E-state index contributed by atoms with van der Waals surface area (Å²) in [5, 5.41) is 4.07. The minimum absolute atomic E-state index is 0.129. The zero-order valence-electron chi connectivity index (χ0n) is 12.2. The maximum absolute atomic E-state index is 13.7. The number of unbranched alkanes of at least 4 members (excludes halogenated alkanes) is 2. The van der Waals surface area contributed by atoms with Crippen LogP contribution in [0.1, 0.15) is 29.6 Å². The third-order valence-corrected chi connectivity index (χ3v) is 4.12. The highest BCUT2D eigenvalue weighted by molar-refractivity contribution is 7.98. The van der Waals surface area contributed by atoms with Gasteiger partial charge in [-0.15, -0.1) is 0 Å². The Labute approximate surface area is 129 Å². The average molecular weight is 305 g/mol. The summed E-state index contributed by atoms with van der Waals surface area (Å²) in [6.07, 6.45) is 5.37. The monoisotopic (exact) mass is 305 g/mol. The number of hydrogen-bond acceptors (Lipinski definition) is 2. The van der Waals surface area contributed by atoms with E-state index >= 15 is 0 Å². The summed E-state index contributed by atoms with van der Waals surface area (Å²) < 4.78 is 13.7. The number of amides is 1. The molecule has 0 saturated heterocycles. The minimum Gasteiger partial charge on any atom is -0.352 e. The van der Waals surface area contributed by atoms with Crippen LogP contribution in [-0.2, 0) is 0 Å². The Hall–Kier alpha value is -1.55.